The van der Waals surface area contributed by atoms with Crippen LogP contribution in [0.2, 0.25) is 0 Å². The quantitative estimate of drug-likeness (QED) is 0.830. The zero-order valence-electron chi connectivity index (χ0n) is 7.18. The van der Waals surface area contributed by atoms with E-state index >= 15 is 0 Å². The lowest BCUT2D eigenvalue weighted by Gasteiger charge is -2.02. The summed E-state index contributed by atoms with van der Waals surface area (Å²) < 4.78 is 5.14. The lowest BCUT2D eigenvalue weighted by Crippen LogP contribution is -1.99. The monoisotopic (exact) mass is 213 g/mol. The van der Waals surface area contributed by atoms with Crippen molar-refractivity contribution < 1.29 is 14.6 Å². The molecule has 0 spiro atoms. The predicted molar refractivity (Wildman–Crippen MR) is 51.7 cm³/mol. The molecule has 0 saturated carbocycles. The number of carboxylic acids is 1. The van der Waals surface area contributed by atoms with Gasteiger partial charge in [0.05, 0.1) is 11.8 Å². The molecule has 0 radical (unpaired) electrons. The van der Waals surface area contributed by atoms with Crippen molar-refractivity contribution in [3.05, 3.63) is 35.6 Å². The van der Waals surface area contributed by atoms with Gasteiger partial charge in [-0.15, -0.1) is 0 Å². The van der Waals surface area contributed by atoms with Crippen molar-refractivity contribution in [2.45, 2.75) is 0 Å². The number of pyridine rings is 1. The highest BCUT2D eigenvalue weighted by Crippen LogP contribution is 2.10. The first-order valence-corrected chi connectivity index (χ1v) is 4.24. The van der Waals surface area contributed by atoms with E-state index in [1.165, 1.54) is 24.0 Å². The van der Waals surface area contributed by atoms with Crippen molar-refractivity contribution in [1.29, 1.82) is 0 Å². The van der Waals surface area contributed by atoms with E-state index in [0.717, 1.165) is 0 Å². The van der Waals surface area contributed by atoms with Crippen molar-refractivity contribution in [3.63, 3.8) is 0 Å². The van der Waals surface area contributed by atoms with Gasteiger partial charge in [-0.2, -0.15) is 0 Å². The van der Waals surface area contributed by atoms with Gasteiger partial charge < -0.3 is 9.84 Å². The molecule has 0 aromatic carbocycles. The minimum absolute atomic E-state index is 0.0948. The van der Waals surface area contributed by atoms with Gasteiger partial charge in [0.2, 0.25) is 0 Å². The SMILES string of the molecule is O=C(O)c1cncc(OCC=CCl)c1. The number of rotatable bonds is 4. The van der Waals surface area contributed by atoms with E-state index in [4.69, 9.17) is 21.4 Å². The molecule has 0 aliphatic rings. The first-order chi connectivity index (χ1) is 6.74. The second kappa shape index (κ2) is 5.24. The molecular weight excluding hydrogens is 206 g/mol. The molecule has 0 aliphatic carbocycles. The summed E-state index contributed by atoms with van der Waals surface area (Å²) in [7, 11) is 0. The Balaban J connectivity index is 2.68. The van der Waals surface area contributed by atoms with Crippen LogP contribution in [0, 0.1) is 0 Å². The van der Waals surface area contributed by atoms with Crippen LogP contribution in [0.1, 0.15) is 10.4 Å². The van der Waals surface area contributed by atoms with Crippen LogP contribution in [0.3, 0.4) is 0 Å². The van der Waals surface area contributed by atoms with E-state index in [2.05, 4.69) is 4.98 Å². The Morgan fingerprint density at radius 2 is 2.43 bits per heavy atom. The number of carboxylic acid groups (broad SMARTS) is 1. The summed E-state index contributed by atoms with van der Waals surface area (Å²) in [5, 5.41) is 8.65. The van der Waals surface area contributed by atoms with Crippen LogP contribution in [-0.4, -0.2) is 22.7 Å². The summed E-state index contributed by atoms with van der Waals surface area (Å²) in [6, 6.07) is 1.40. The van der Waals surface area contributed by atoms with Crippen LogP contribution >= 0.6 is 11.6 Å². The number of ether oxygens (including phenoxy) is 1. The predicted octanol–water partition coefficient (Wildman–Crippen LogP) is 1.91. The lowest BCUT2D eigenvalue weighted by molar-refractivity contribution is 0.0696. The number of halogens is 1. The Kier molecular flexibility index (Phi) is 3.94. The molecule has 0 amide bonds. The van der Waals surface area contributed by atoms with Crippen molar-refractivity contribution in [2.24, 2.45) is 0 Å². The zero-order valence-corrected chi connectivity index (χ0v) is 7.94. The molecule has 1 heterocycles. The maximum Gasteiger partial charge on any atom is 0.337 e. The maximum absolute atomic E-state index is 10.6. The first-order valence-electron chi connectivity index (χ1n) is 3.80. The molecule has 0 aliphatic heterocycles. The molecule has 0 atom stereocenters. The average Bonchev–Trinajstić information content (AvgIpc) is 2.19. The topological polar surface area (TPSA) is 59.4 Å². The van der Waals surface area contributed by atoms with Gasteiger partial charge in [0, 0.05) is 11.7 Å². The van der Waals surface area contributed by atoms with Crippen LogP contribution in [0.25, 0.3) is 0 Å². The summed E-state index contributed by atoms with van der Waals surface area (Å²) in [6.07, 6.45) is 4.29. The third-order valence-corrected chi connectivity index (χ3v) is 1.57. The van der Waals surface area contributed by atoms with Gasteiger partial charge in [0.1, 0.15) is 12.4 Å². The number of aromatic nitrogens is 1. The van der Waals surface area contributed by atoms with Gasteiger partial charge in [-0.05, 0) is 12.1 Å². The van der Waals surface area contributed by atoms with Crippen LogP contribution < -0.4 is 4.74 Å². The van der Waals surface area contributed by atoms with Gasteiger partial charge in [0.15, 0.2) is 0 Å². The molecule has 4 nitrogen and oxygen atoms in total. The van der Waals surface area contributed by atoms with Crippen LogP contribution in [0.15, 0.2) is 30.1 Å². The normalized spacial score (nSPS) is 10.4. The van der Waals surface area contributed by atoms with E-state index in [-0.39, 0.29) is 12.2 Å². The van der Waals surface area contributed by atoms with Crippen molar-refractivity contribution in [2.75, 3.05) is 6.61 Å². The summed E-state index contributed by atoms with van der Waals surface area (Å²) in [6.45, 7) is 0.286. The second-order valence-electron chi connectivity index (χ2n) is 2.39. The van der Waals surface area contributed by atoms with E-state index in [9.17, 15) is 4.79 Å². The van der Waals surface area contributed by atoms with Gasteiger partial charge in [-0.1, -0.05) is 11.6 Å². The lowest BCUT2D eigenvalue weighted by atomic mass is 10.3. The molecule has 5 heteroatoms. The zero-order chi connectivity index (χ0) is 10.4. The van der Waals surface area contributed by atoms with Crippen molar-refractivity contribution in [1.82, 2.24) is 4.98 Å². The summed E-state index contributed by atoms with van der Waals surface area (Å²) in [5.41, 5.74) is 1.42. The van der Waals surface area contributed by atoms with Crippen LogP contribution in [-0.2, 0) is 0 Å². The standard InChI is InChI=1S/C9H8ClNO3/c10-2-1-3-14-8-4-7(9(12)13)5-11-6-8/h1-2,4-6H,3H2,(H,12,13). The maximum atomic E-state index is 10.6. The molecule has 1 rings (SSSR count). The molecule has 0 unspecified atom stereocenters. The highest BCUT2D eigenvalue weighted by atomic mass is 35.5. The van der Waals surface area contributed by atoms with Gasteiger partial charge >= 0.3 is 5.97 Å². The van der Waals surface area contributed by atoms with Gasteiger partial charge in [-0.25, -0.2) is 4.79 Å². The molecule has 1 aromatic heterocycles. The largest absolute Gasteiger partial charge is 0.488 e. The minimum atomic E-state index is -1.03. The Bertz CT molecular complexity index is 352. The van der Waals surface area contributed by atoms with E-state index in [0.29, 0.717) is 5.75 Å². The van der Waals surface area contributed by atoms with Crippen molar-refractivity contribution in [3.8, 4) is 5.75 Å². The molecular formula is C9H8ClNO3. The third-order valence-electron chi connectivity index (χ3n) is 1.40. The fraction of sp³-hybridized carbons (Fsp3) is 0.111. The van der Waals surface area contributed by atoms with E-state index < -0.39 is 5.97 Å². The number of aromatic carboxylic acids is 1. The van der Waals surface area contributed by atoms with Crippen LogP contribution in [0.5, 0.6) is 5.75 Å². The van der Waals surface area contributed by atoms with Gasteiger partial charge in [-0.3, -0.25) is 4.98 Å². The van der Waals surface area contributed by atoms with E-state index in [1.54, 1.807) is 6.08 Å². The van der Waals surface area contributed by atoms with Crippen LogP contribution in [0.4, 0.5) is 0 Å². The highest BCUT2D eigenvalue weighted by Gasteiger charge is 2.03. The third kappa shape index (κ3) is 3.06. The average molecular weight is 214 g/mol. The molecule has 0 fully saturated rings. The number of carbonyl (C=O) groups is 1. The van der Waals surface area contributed by atoms with Crippen molar-refractivity contribution >= 4 is 17.6 Å². The number of hydrogen-bond acceptors (Lipinski definition) is 3. The minimum Gasteiger partial charge on any atom is -0.488 e. The molecule has 1 N–H and O–H groups in total. The summed E-state index contributed by atoms with van der Waals surface area (Å²) >= 11 is 5.28. The Hall–Kier alpha value is -1.55. The summed E-state index contributed by atoms with van der Waals surface area (Å²) in [5.74, 6) is -0.629. The Labute approximate surface area is 85.8 Å². The molecule has 74 valence electrons. The molecule has 0 saturated heterocycles. The molecule has 14 heavy (non-hydrogen) atoms. The number of hydrogen-bond donors (Lipinski definition) is 1. The Morgan fingerprint density at radius 3 is 3.07 bits per heavy atom. The molecule has 1 aromatic rings. The summed E-state index contributed by atoms with van der Waals surface area (Å²) in [4.78, 5) is 14.3. The second-order valence-corrected chi connectivity index (χ2v) is 2.64. The fourth-order valence-corrected chi connectivity index (χ4v) is 0.868. The van der Waals surface area contributed by atoms with E-state index in [1.807, 2.05) is 0 Å². The number of nitrogens with zero attached hydrogens (tertiary/aromatic N) is 1. The highest BCUT2D eigenvalue weighted by molar-refractivity contribution is 6.25. The fourth-order valence-electron chi connectivity index (χ4n) is 0.795. The van der Waals surface area contributed by atoms with Gasteiger partial charge in [0.25, 0.3) is 0 Å². The first kappa shape index (κ1) is 10.5. The molecule has 0 bridgehead atoms. The smallest absolute Gasteiger partial charge is 0.337 e. The Morgan fingerprint density at radius 1 is 1.64 bits per heavy atom.